The highest BCUT2D eigenvalue weighted by Gasteiger charge is 2.19. The van der Waals surface area contributed by atoms with Gasteiger partial charge in [0, 0.05) is 19.3 Å². The Morgan fingerprint density at radius 1 is 0.365 bits per heavy atom. The fraction of sp³-hybridized carbons (Fsp3) is 0.935. The average Bonchev–Trinajstić information content (AvgIpc) is 3.11. The summed E-state index contributed by atoms with van der Waals surface area (Å²) in [4.78, 5) is 37.7. The van der Waals surface area contributed by atoms with Crippen molar-refractivity contribution in [2.24, 2.45) is 11.8 Å². The molecule has 0 aliphatic rings. The van der Waals surface area contributed by atoms with Crippen LogP contribution in [0.25, 0.3) is 0 Å². The van der Waals surface area contributed by atoms with Crippen molar-refractivity contribution in [1.82, 2.24) is 0 Å². The summed E-state index contributed by atoms with van der Waals surface area (Å²) in [6.07, 6.45) is 36.6. The Kier molecular flexibility index (Phi) is 37.9. The molecule has 6 nitrogen and oxygen atoms in total. The summed E-state index contributed by atoms with van der Waals surface area (Å²) in [5.74, 6) is 0.755. The summed E-state index contributed by atoms with van der Waals surface area (Å²) in [5, 5.41) is 0. The van der Waals surface area contributed by atoms with Gasteiger partial charge < -0.3 is 14.2 Å². The molecule has 0 saturated heterocycles. The molecule has 52 heavy (non-hydrogen) atoms. The van der Waals surface area contributed by atoms with E-state index in [0.29, 0.717) is 19.3 Å². The molecule has 0 rings (SSSR count). The van der Waals surface area contributed by atoms with Gasteiger partial charge in [-0.2, -0.15) is 0 Å². The van der Waals surface area contributed by atoms with Crippen molar-refractivity contribution in [3.63, 3.8) is 0 Å². The van der Waals surface area contributed by atoms with Crippen molar-refractivity contribution in [3.05, 3.63) is 0 Å². The highest BCUT2D eigenvalue weighted by Crippen LogP contribution is 2.16. The number of carbonyl (C=O) groups excluding carboxylic acids is 3. The van der Waals surface area contributed by atoms with Crippen molar-refractivity contribution in [2.45, 2.75) is 253 Å². The van der Waals surface area contributed by atoms with Gasteiger partial charge in [0.15, 0.2) is 6.10 Å². The highest BCUT2D eigenvalue weighted by atomic mass is 16.6. The van der Waals surface area contributed by atoms with E-state index < -0.39 is 6.10 Å². The Morgan fingerprint density at radius 2 is 0.635 bits per heavy atom. The summed E-state index contributed by atoms with van der Waals surface area (Å²) in [6.45, 7) is 11.3. The number of esters is 3. The van der Waals surface area contributed by atoms with Crippen LogP contribution >= 0.6 is 0 Å². The molecule has 1 atom stereocenters. The van der Waals surface area contributed by atoms with Crippen molar-refractivity contribution in [3.8, 4) is 0 Å². The Labute approximate surface area is 323 Å². The van der Waals surface area contributed by atoms with Crippen LogP contribution in [0.1, 0.15) is 247 Å². The molecule has 308 valence electrons. The topological polar surface area (TPSA) is 78.9 Å². The van der Waals surface area contributed by atoms with E-state index in [0.717, 1.165) is 69.6 Å². The van der Waals surface area contributed by atoms with Crippen LogP contribution in [0.4, 0.5) is 0 Å². The quantitative estimate of drug-likeness (QED) is 0.0354. The van der Waals surface area contributed by atoms with Crippen LogP contribution in [0.15, 0.2) is 0 Å². The molecule has 0 saturated carbocycles. The van der Waals surface area contributed by atoms with Gasteiger partial charge in [-0.1, -0.05) is 208 Å². The number of hydrogen-bond acceptors (Lipinski definition) is 6. The van der Waals surface area contributed by atoms with Crippen molar-refractivity contribution >= 4 is 17.9 Å². The molecule has 0 spiro atoms. The lowest BCUT2D eigenvalue weighted by Crippen LogP contribution is -2.30. The third-order valence-corrected chi connectivity index (χ3v) is 10.2. The lowest BCUT2D eigenvalue weighted by atomic mass is 10.0. The minimum Gasteiger partial charge on any atom is -0.462 e. The van der Waals surface area contributed by atoms with Crippen LogP contribution in [-0.2, 0) is 28.6 Å². The molecule has 0 aromatic carbocycles. The first-order valence-electron chi connectivity index (χ1n) is 22.7. The molecule has 0 N–H and O–H groups in total. The molecule has 0 unspecified atom stereocenters. The number of unbranched alkanes of at least 4 members (excludes halogenated alkanes) is 25. The summed E-state index contributed by atoms with van der Waals surface area (Å²) in [6, 6.07) is 0. The standard InChI is InChI=1S/C46H88O6/c1-6-7-8-9-10-11-15-23-28-33-38-46(49)52-43(40-51-45(48)37-32-27-22-18-17-20-25-30-35-42(4)5)39-50-44(47)36-31-26-21-16-13-12-14-19-24-29-34-41(2)3/h41-43H,6-40H2,1-5H3/t43-/m1/s1. The smallest absolute Gasteiger partial charge is 0.306 e. The maximum atomic E-state index is 12.7. The summed E-state index contributed by atoms with van der Waals surface area (Å²) >= 11 is 0. The van der Waals surface area contributed by atoms with E-state index in [4.69, 9.17) is 14.2 Å². The lowest BCUT2D eigenvalue weighted by Gasteiger charge is -2.18. The van der Waals surface area contributed by atoms with Gasteiger partial charge >= 0.3 is 17.9 Å². The highest BCUT2D eigenvalue weighted by molar-refractivity contribution is 5.71. The van der Waals surface area contributed by atoms with Gasteiger partial charge in [-0.3, -0.25) is 14.4 Å². The lowest BCUT2D eigenvalue weighted by molar-refractivity contribution is -0.167. The maximum Gasteiger partial charge on any atom is 0.306 e. The minimum absolute atomic E-state index is 0.0653. The number of hydrogen-bond donors (Lipinski definition) is 0. The predicted molar refractivity (Wildman–Crippen MR) is 220 cm³/mol. The van der Waals surface area contributed by atoms with Crippen LogP contribution in [-0.4, -0.2) is 37.2 Å². The van der Waals surface area contributed by atoms with Crippen molar-refractivity contribution in [1.29, 1.82) is 0 Å². The molecule has 0 amide bonds. The monoisotopic (exact) mass is 737 g/mol. The third-order valence-electron chi connectivity index (χ3n) is 10.2. The van der Waals surface area contributed by atoms with E-state index in [9.17, 15) is 14.4 Å². The maximum absolute atomic E-state index is 12.7. The molecule has 0 aromatic rings. The number of ether oxygens (including phenoxy) is 3. The van der Waals surface area contributed by atoms with Crippen LogP contribution in [0.2, 0.25) is 0 Å². The van der Waals surface area contributed by atoms with Gasteiger partial charge in [0.1, 0.15) is 13.2 Å². The molecule has 6 heteroatoms. The fourth-order valence-corrected chi connectivity index (χ4v) is 6.75. The second-order valence-corrected chi connectivity index (χ2v) is 16.6. The van der Waals surface area contributed by atoms with Crippen LogP contribution in [0, 0.1) is 11.8 Å². The number of carbonyl (C=O) groups is 3. The average molecular weight is 737 g/mol. The first kappa shape index (κ1) is 50.4. The third kappa shape index (κ3) is 39.6. The second-order valence-electron chi connectivity index (χ2n) is 16.6. The molecule has 0 fully saturated rings. The van der Waals surface area contributed by atoms with E-state index in [2.05, 4.69) is 34.6 Å². The Bertz CT molecular complexity index is 794. The van der Waals surface area contributed by atoms with Crippen molar-refractivity contribution in [2.75, 3.05) is 13.2 Å². The van der Waals surface area contributed by atoms with E-state index >= 15 is 0 Å². The number of rotatable bonds is 40. The zero-order chi connectivity index (χ0) is 38.3. The Hall–Kier alpha value is -1.59. The van der Waals surface area contributed by atoms with Gasteiger partial charge in [-0.25, -0.2) is 0 Å². The Balaban J connectivity index is 4.32. The summed E-state index contributed by atoms with van der Waals surface area (Å²) in [5.41, 5.74) is 0. The van der Waals surface area contributed by atoms with Crippen LogP contribution < -0.4 is 0 Å². The molecule has 0 aliphatic heterocycles. The summed E-state index contributed by atoms with van der Waals surface area (Å²) < 4.78 is 16.7. The molecule has 0 heterocycles. The van der Waals surface area contributed by atoms with Gasteiger partial charge in [-0.15, -0.1) is 0 Å². The zero-order valence-electron chi connectivity index (χ0n) is 35.4. The fourth-order valence-electron chi connectivity index (χ4n) is 6.75. The predicted octanol–water partition coefficient (Wildman–Crippen LogP) is 14.2. The first-order chi connectivity index (χ1) is 25.2. The van der Waals surface area contributed by atoms with E-state index in [1.807, 2.05) is 0 Å². The molecule has 0 bridgehead atoms. The first-order valence-corrected chi connectivity index (χ1v) is 22.7. The largest absolute Gasteiger partial charge is 0.462 e. The van der Waals surface area contributed by atoms with E-state index in [1.165, 1.54) is 135 Å². The van der Waals surface area contributed by atoms with Crippen molar-refractivity contribution < 1.29 is 28.6 Å². The zero-order valence-corrected chi connectivity index (χ0v) is 35.4. The van der Waals surface area contributed by atoms with Crippen LogP contribution in [0.5, 0.6) is 0 Å². The SMILES string of the molecule is CCCCCCCCCCCCC(=O)O[C@H](COC(=O)CCCCCCCCCCCCC(C)C)COC(=O)CCCCCCCCCCC(C)C. The van der Waals surface area contributed by atoms with Crippen LogP contribution in [0.3, 0.4) is 0 Å². The summed E-state index contributed by atoms with van der Waals surface area (Å²) in [7, 11) is 0. The molecule has 0 radical (unpaired) electrons. The van der Waals surface area contributed by atoms with Gasteiger partial charge in [0.05, 0.1) is 0 Å². The second kappa shape index (κ2) is 39.1. The van der Waals surface area contributed by atoms with E-state index in [1.54, 1.807) is 0 Å². The molecular weight excluding hydrogens is 649 g/mol. The molecule has 0 aliphatic carbocycles. The van der Waals surface area contributed by atoms with Gasteiger partial charge in [0.25, 0.3) is 0 Å². The van der Waals surface area contributed by atoms with Gasteiger partial charge in [0.2, 0.25) is 0 Å². The minimum atomic E-state index is -0.760. The molecule has 0 aromatic heterocycles. The van der Waals surface area contributed by atoms with E-state index in [-0.39, 0.29) is 31.1 Å². The Morgan fingerprint density at radius 3 is 0.942 bits per heavy atom. The van der Waals surface area contributed by atoms with Gasteiger partial charge in [-0.05, 0) is 31.1 Å². The normalized spacial score (nSPS) is 12.1. The molecular formula is C46H88O6.